The van der Waals surface area contributed by atoms with Crippen molar-refractivity contribution < 1.29 is 0 Å². The van der Waals surface area contributed by atoms with E-state index in [1.165, 1.54) is 19.6 Å². The molecule has 3 nitrogen and oxygen atoms in total. The van der Waals surface area contributed by atoms with Gasteiger partial charge < -0.3 is 10.2 Å². The van der Waals surface area contributed by atoms with Gasteiger partial charge in [-0.1, -0.05) is 0 Å². The van der Waals surface area contributed by atoms with Crippen LogP contribution < -0.4 is 5.32 Å². The Kier molecular flexibility index (Phi) is 4.16. The van der Waals surface area contributed by atoms with Crippen LogP contribution in [0, 0.1) is 0 Å². The van der Waals surface area contributed by atoms with E-state index in [-0.39, 0.29) is 0 Å². The van der Waals surface area contributed by atoms with Crippen LogP contribution in [0.2, 0.25) is 0 Å². The van der Waals surface area contributed by atoms with Crippen molar-refractivity contribution in [3.8, 4) is 0 Å². The van der Waals surface area contributed by atoms with Crippen molar-refractivity contribution in [3.05, 3.63) is 0 Å². The van der Waals surface area contributed by atoms with E-state index in [4.69, 9.17) is 0 Å². The molecule has 1 aliphatic rings. The fraction of sp³-hybridized carbons (Fsp3) is 1.00. The lowest BCUT2D eigenvalue weighted by Crippen LogP contribution is -2.54. The molecule has 3 heteroatoms. The van der Waals surface area contributed by atoms with Crippen molar-refractivity contribution in [2.24, 2.45) is 0 Å². The van der Waals surface area contributed by atoms with Crippen molar-refractivity contribution in [3.63, 3.8) is 0 Å². The molecular formula is C10H23N3. The number of nitrogens with one attached hydrogen (secondary N) is 1. The fourth-order valence-electron chi connectivity index (χ4n) is 1.90. The lowest BCUT2D eigenvalue weighted by Gasteiger charge is -2.40. The van der Waals surface area contributed by atoms with Gasteiger partial charge in [-0.2, -0.15) is 0 Å². The average Bonchev–Trinajstić information content (AvgIpc) is 2.10. The summed E-state index contributed by atoms with van der Waals surface area (Å²) in [5.74, 6) is 0. The van der Waals surface area contributed by atoms with Crippen molar-refractivity contribution in [2.75, 3.05) is 40.3 Å². The Bertz CT molecular complexity index is 149. The number of hydrogen-bond donors (Lipinski definition) is 1. The Morgan fingerprint density at radius 2 is 2.15 bits per heavy atom. The molecule has 0 aromatic carbocycles. The van der Waals surface area contributed by atoms with E-state index < -0.39 is 0 Å². The maximum Gasteiger partial charge on any atom is 0.0193 e. The molecule has 13 heavy (non-hydrogen) atoms. The predicted molar refractivity (Wildman–Crippen MR) is 57.1 cm³/mol. The molecule has 78 valence electrons. The van der Waals surface area contributed by atoms with Gasteiger partial charge in [-0.3, -0.25) is 4.90 Å². The van der Waals surface area contributed by atoms with Crippen LogP contribution in [-0.2, 0) is 0 Å². The minimum atomic E-state index is 0.668. The molecule has 1 fully saturated rings. The molecule has 1 aliphatic heterocycles. The van der Waals surface area contributed by atoms with E-state index in [1.54, 1.807) is 0 Å². The normalized spacial score (nSPS) is 29.1. The zero-order valence-electron chi connectivity index (χ0n) is 9.38. The number of piperazine rings is 1. The van der Waals surface area contributed by atoms with Crippen LogP contribution in [0.15, 0.2) is 0 Å². The minimum absolute atomic E-state index is 0.668. The molecule has 2 atom stereocenters. The molecule has 0 aromatic heterocycles. The standard InChI is InChI=1S/C10H23N3/c1-9(7-11-3)13-6-5-12(4)10(2)8-13/h9-11H,5-8H2,1-4H3. The molecule has 0 amide bonds. The average molecular weight is 185 g/mol. The molecule has 0 spiro atoms. The van der Waals surface area contributed by atoms with Gasteiger partial charge in [-0.25, -0.2) is 0 Å². The van der Waals surface area contributed by atoms with Gasteiger partial charge >= 0.3 is 0 Å². The summed E-state index contributed by atoms with van der Waals surface area (Å²) in [4.78, 5) is 5.00. The van der Waals surface area contributed by atoms with Crippen molar-refractivity contribution in [1.29, 1.82) is 0 Å². The summed E-state index contributed by atoms with van der Waals surface area (Å²) in [7, 11) is 4.24. The summed E-state index contributed by atoms with van der Waals surface area (Å²) < 4.78 is 0. The maximum absolute atomic E-state index is 3.24. The molecule has 0 radical (unpaired) electrons. The van der Waals surface area contributed by atoms with Crippen molar-refractivity contribution in [2.45, 2.75) is 25.9 Å². The summed E-state index contributed by atoms with van der Waals surface area (Å²) in [5, 5.41) is 3.24. The van der Waals surface area contributed by atoms with Gasteiger partial charge in [-0.15, -0.1) is 0 Å². The van der Waals surface area contributed by atoms with Crippen molar-refractivity contribution in [1.82, 2.24) is 15.1 Å². The van der Waals surface area contributed by atoms with Gasteiger partial charge in [-0.05, 0) is 27.9 Å². The van der Waals surface area contributed by atoms with E-state index in [0.717, 1.165) is 6.54 Å². The largest absolute Gasteiger partial charge is 0.318 e. The minimum Gasteiger partial charge on any atom is -0.318 e. The molecule has 0 bridgehead atoms. The quantitative estimate of drug-likeness (QED) is 0.679. The topological polar surface area (TPSA) is 18.5 Å². The highest BCUT2D eigenvalue weighted by Crippen LogP contribution is 2.09. The van der Waals surface area contributed by atoms with E-state index in [1.807, 2.05) is 7.05 Å². The van der Waals surface area contributed by atoms with Gasteiger partial charge in [0.25, 0.3) is 0 Å². The molecule has 0 aromatic rings. The second-order valence-corrected chi connectivity index (χ2v) is 4.23. The predicted octanol–water partition coefficient (Wildman–Crippen LogP) is 0.230. The first kappa shape index (κ1) is 11.0. The highest BCUT2D eigenvalue weighted by molar-refractivity contribution is 4.80. The molecule has 1 rings (SSSR count). The Hall–Kier alpha value is -0.120. The fourth-order valence-corrected chi connectivity index (χ4v) is 1.90. The molecule has 1 saturated heterocycles. The Labute approximate surface area is 82.1 Å². The number of nitrogens with zero attached hydrogens (tertiary/aromatic N) is 2. The van der Waals surface area contributed by atoms with Crippen LogP contribution in [-0.4, -0.2) is 62.2 Å². The smallest absolute Gasteiger partial charge is 0.0193 e. The monoisotopic (exact) mass is 185 g/mol. The van der Waals surface area contributed by atoms with Crippen molar-refractivity contribution >= 4 is 0 Å². The lowest BCUT2D eigenvalue weighted by atomic mass is 10.1. The van der Waals surface area contributed by atoms with Crippen LogP contribution in [0.3, 0.4) is 0 Å². The SMILES string of the molecule is CNCC(C)N1CCN(C)C(C)C1. The molecule has 0 saturated carbocycles. The molecule has 2 unspecified atom stereocenters. The second-order valence-electron chi connectivity index (χ2n) is 4.23. The first-order chi connectivity index (χ1) is 6.15. The Balaban J connectivity index is 2.36. The van der Waals surface area contributed by atoms with Crippen LogP contribution in [0.5, 0.6) is 0 Å². The summed E-state index contributed by atoms with van der Waals surface area (Å²) in [5.41, 5.74) is 0. The van der Waals surface area contributed by atoms with E-state index in [0.29, 0.717) is 12.1 Å². The summed E-state index contributed by atoms with van der Waals surface area (Å²) >= 11 is 0. The van der Waals surface area contributed by atoms with Crippen LogP contribution >= 0.6 is 0 Å². The third kappa shape index (κ3) is 2.93. The third-order valence-electron chi connectivity index (χ3n) is 3.11. The Morgan fingerprint density at radius 1 is 1.46 bits per heavy atom. The van der Waals surface area contributed by atoms with Gasteiger partial charge in [0.2, 0.25) is 0 Å². The lowest BCUT2D eigenvalue weighted by molar-refractivity contribution is 0.0780. The molecule has 1 N–H and O–H groups in total. The van der Waals surface area contributed by atoms with E-state index in [9.17, 15) is 0 Å². The van der Waals surface area contributed by atoms with E-state index >= 15 is 0 Å². The van der Waals surface area contributed by atoms with Gasteiger partial charge in [0, 0.05) is 38.3 Å². The number of hydrogen-bond acceptors (Lipinski definition) is 3. The molecule has 0 aliphatic carbocycles. The first-order valence-corrected chi connectivity index (χ1v) is 5.24. The molecular weight excluding hydrogens is 162 g/mol. The summed E-state index contributed by atoms with van der Waals surface area (Å²) in [6.45, 7) is 9.32. The molecule has 1 heterocycles. The zero-order chi connectivity index (χ0) is 9.84. The van der Waals surface area contributed by atoms with Crippen LogP contribution in [0.25, 0.3) is 0 Å². The van der Waals surface area contributed by atoms with E-state index in [2.05, 4.69) is 36.0 Å². The van der Waals surface area contributed by atoms with Crippen LogP contribution in [0.1, 0.15) is 13.8 Å². The maximum atomic E-state index is 3.24. The van der Waals surface area contributed by atoms with Crippen LogP contribution in [0.4, 0.5) is 0 Å². The highest BCUT2D eigenvalue weighted by atomic mass is 15.3. The summed E-state index contributed by atoms with van der Waals surface area (Å²) in [6.07, 6.45) is 0. The highest BCUT2D eigenvalue weighted by Gasteiger charge is 2.23. The van der Waals surface area contributed by atoms with Gasteiger partial charge in [0.1, 0.15) is 0 Å². The third-order valence-corrected chi connectivity index (χ3v) is 3.11. The number of likely N-dealkylation sites (N-methyl/N-ethyl adjacent to an activating group) is 2. The number of rotatable bonds is 3. The van der Waals surface area contributed by atoms with Gasteiger partial charge in [0.15, 0.2) is 0 Å². The first-order valence-electron chi connectivity index (χ1n) is 5.24. The zero-order valence-corrected chi connectivity index (χ0v) is 9.38. The summed E-state index contributed by atoms with van der Waals surface area (Å²) in [6, 6.07) is 1.37. The Morgan fingerprint density at radius 3 is 2.69 bits per heavy atom. The van der Waals surface area contributed by atoms with Gasteiger partial charge in [0.05, 0.1) is 0 Å². The second kappa shape index (κ2) is 4.94.